The summed E-state index contributed by atoms with van der Waals surface area (Å²) in [5.74, 6) is 0.367. The molecule has 5 heteroatoms. The zero-order valence-electron chi connectivity index (χ0n) is 13.5. The summed E-state index contributed by atoms with van der Waals surface area (Å²) < 4.78 is 18.6. The molecule has 4 nitrogen and oxygen atoms in total. The first-order valence-corrected chi connectivity index (χ1v) is 8.53. The molecule has 1 aromatic carbocycles. The fourth-order valence-corrected chi connectivity index (χ4v) is 3.46. The maximum atomic E-state index is 13.1. The number of benzene rings is 1. The lowest BCUT2D eigenvalue weighted by atomic mass is 10.0. The second-order valence-corrected chi connectivity index (χ2v) is 6.68. The molecule has 2 aliphatic heterocycles. The molecule has 0 saturated carbocycles. The molecule has 1 N–H and O–H groups in total. The fourth-order valence-electron chi connectivity index (χ4n) is 3.46. The smallest absolute Gasteiger partial charge is 0.224 e. The summed E-state index contributed by atoms with van der Waals surface area (Å²) in [4.78, 5) is 14.6. The van der Waals surface area contributed by atoms with E-state index in [9.17, 15) is 9.18 Å². The van der Waals surface area contributed by atoms with Crippen molar-refractivity contribution < 1.29 is 13.9 Å². The molecule has 1 atom stereocenters. The summed E-state index contributed by atoms with van der Waals surface area (Å²) in [6.07, 6.45) is 3.40. The van der Waals surface area contributed by atoms with Crippen molar-refractivity contribution in [2.75, 3.05) is 32.8 Å². The van der Waals surface area contributed by atoms with Crippen LogP contribution in [0.4, 0.5) is 4.39 Å². The summed E-state index contributed by atoms with van der Waals surface area (Å²) in [6.45, 7) is 4.97. The van der Waals surface area contributed by atoms with Crippen molar-refractivity contribution in [2.45, 2.75) is 31.7 Å². The molecule has 0 spiro atoms. The van der Waals surface area contributed by atoms with E-state index in [1.807, 2.05) is 0 Å². The van der Waals surface area contributed by atoms with Crippen molar-refractivity contribution in [1.29, 1.82) is 0 Å². The predicted molar refractivity (Wildman–Crippen MR) is 86.6 cm³/mol. The van der Waals surface area contributed by atoms with Crippen LogP contribution in [-0.2, 0) is 16.0 Å². The summed E-state index contributed by atoms with van der Waals surface area (Å²) in [7, 11) is 0. The van der Waals surface area contributed by atoms with E-state index in [2.05, 4.69) is 10.2 Å². The molecule has 1 aromatic rings. The van der Waals surface area contributed by atoms with Crippen LogP contribution < -0.4 is 5.32 Å². The number of hydrogen-bond acceptors (Lipinski definition) is 3. The number of nitrogens with zero attached hydrogens (tertiary/aromatic N) is 1. The average Bonchev–Trinajstić information content (AvgIpc) is 3.02. The molecule has 2 aliphatic rings. The summed E-state index contributed by atoms with van der Waals surface area (Å²) in [6, 6.07) is 6.49. The molecule has 2 heterocycles. The highest BCUT2D eigenvalue weighted by atomic mass is 19.1. The van der Waals surface area contributed by atoms with Crippen LogP contribution in [0, 0.1) is 11.7 Å². The molecule has 2 fully saturated rings. The quantitative estimate of drug-likeness (QED) is 0.902. The van der Waals surface area contributed by atoms with Crippen LogP contribution in [0.1, 0.15) is 24.8 Å². The molecule has 1 unspecified atom stereocenters. The van der Waals surface area contributed by atoms with Crippen molar-refractivity contribution in [2.24, 2.45) is 5.92 Å². The molecule has 0 bridgehead atoms. The number of amides is 1. The lowest BCUT2D eigenvalue weighted by Crippen LogP contribution is -2.46. The Morgan fingerprint density at radius 2 is 2.13 bits per heavy atom. The normalized spacial score (nSPS) is 23.1. The average molecular weight is 320 g/mol. The molecule has 2 saturated heterocycles. The van der Waals surface area contributed by atoms with Crippen LogP contribution in [0.5, 0.6) is 0 Å². The van der Waals surface area contributed by atoms with Gasteiger partial charge in [-0.15, -0.1) is 0 Å². The number of ether oxygens (including phenoxy) is 1. The molecule has 0 aliphatic carbocycles. The van der Waals surface area contributed by atoms with Gasteiger partial charge < -0.3 is 15.0 Å². The van der Waals surface area contributed by atoms with E-state index in [1.165, 1.54) is 18.6 Å². The lowest BCUT2D eigenvalue weighted by Gasteiger charge is -2.33. The van der Waals surface area contributed by atoms with Gasteiger partial charge in [0.15, 0.2) is 0 Å². The summed E-state index contributed by atoms with van der Waals surface area (Å²) in [5.41, 5.74) is 0.723. The Morgan fingerprint density at radius 3 is 2.83 bits per heavy atom. The third-order valence-corrected chi connectivity index (χ3v) is 4.75. The van der Waals surface area contributed by atoms with Gasteiger partial charge in [0, 0.05) is 32.3 Å². The van der Waals surface area contributed by atoms with Crippen LogP contribution in [0.25, 0.3) is 0 Å². The molecule has 0 radical (unpaired) electrons. The van der Waals surface area contributed by atoms with E-state index >= 15 is 0 Å². The first-order valence-electron chi connectivity index (χ1n) is 8.53. The van der Waals surface area contributed by atoms with Gasteiger partial charge in [-0.25, -0.2) is 4.39 Å². The lowest BCUT2D eigenvalue weighted by molar-refractivity contribution is -0.121. The molecular formula is C18H25FN2O2. The Hall–Kier alpha value is -1.46. The number of carbonyl (C=O) groups excluding carboxylic acids is 1. The SMILES string of the molecule is O=C(Cc1cccc(F)c1)NC1CCN(CC2CCOC2)CC1. The minimum Gasteiger partial charge on any atom is -0.381 e. The third-order valence-electron chi connectivity index (χ3n) is 4.75. The zero-order chi connectivity index (χ0) is 16.1. The summed E-state index contributed by atoms with van der Waals surface area (Å²) >= 11 is 0. The Balaban J connectivity index is 1.38. The second kappa shape index (κ2) is 7.88. The number of hydrogen-bond donors (Lipinski definition) is 1. The van der Waals surface area contributed by atoms with Gasteiger partial charge in [-0.3, -0.25) is 4.79 Å². The summed E-state index contributed by atoms with van der Waals surface area (Å²) in [5, 5.41) is 3.09. The maximum absolute atomic E-state index is 13.1. The van der Waals surface area contributed by atoms with E-state index in [1.54, 1.807) is 12.1 Å². The van der Waals surface area contributed by atoms with E-state index in [0.29, 0.717) is 5.92 Å². The number of rotatable bonds is 5. The van der Waals surface area contributed by atoms with Gasteiger partial charge >= 0.3 is 0 Å². The Bertz CT molecular complexity index is 524. The highest BCUT2D eigenvalue weighted by Gasteiger charge is 2.24. The monoisotopic (exact) mass is 320 g/mol. The standard InChI is InChI=1S/C18H25FN2O2/c19-16-3-1-2-14(10-16)11-18(22)20-17-4-7-21(8-5-17)12-15-6-9-23-13-15/h1-3,10,15,17H,4-9,11-13H2,(H,20,22). The molecule has 3 rings (SSSR count). The van der Waals surface area contributed by atoms with Gasteiger partial charge in [0.2, 0.25) is 5.91 Å². The third kappa shape index (κ3) is 5.01. The minimum atomic E-state index is -0.292. The number of halogens is 1. The first-order chi connectivity index (χ1) is 11.2. The van der Waals surface area contributed by atoms with Crippen LogP contribution in [0.3, 0.4) is 0 Å². The molecule has 0 aromatic heterocycles. The van der Waals surface area contributed by atoms with Crippen LogP contribution in [-0.4, -0.2) is 49.7 Å². The van der Waals surface area contributed by atoms with Gasteiger partial charge in [0.05, 0.1) is 13.0 Å². The Kier molecular flexibility index (Phi) is 5.62. The number of likely N-dealkylation sites (tertiary alicyclic amines) is 1. The van der Waals surface area contributed by atoms with E-state index in [-0.39, 0.29) is 24.2 Å². The zero-order valence-corrected chi connectivity index (χ0v) is 13.5. The van der Waals surface area contributed by atoms with Crippen molar-refractivity contribution >= 4 is 5.91 Å². The van der Waals surface area contributed by atoms with Gasteiger partial charge in [-0.1, -0.05) is 12.1 Å². The molecular weight excluding hydrogens is 295 g/mol. The number of nitrogens with one attached hydrogen (secondary N) is 1. The van der Waals surface area contributed by atoms with E-state index < -0.39 is 0 Å². The van der Waals surface area contributed by atoms with Crippen molar-refractivity contribution in [3.8, 4) is 0 Å². The van der Waals surface area contributed by atoms with Crippen molar-refractivity contribution in [3.05, 3.63) is 35.6 Å². The van der Waals surface area contributed by atoms with E-state index in [4.69, 9.17) is 4.74 Å². The van der Waals surface area contributed by atoms with Crippen LogP contribution in [0.15, 0.2) is 24.3 Å². The topological polar surface area (TPSA) is 41.6 Å². The minimum absolute atomic E-state index is 0.0155. The Labute approximate surface area is 137 Å². The van der Waals surface area contributed by atoms with Crippen molar-refractivity contribution in [3.63, 3.8) is 0 Å². The molecule has 23 heavy (non-hydrogen) atoms. The number of carbonyl (C=O) groups is 1. The number of piperidine rings is 1. The first kappa shape index (κ1) is 16.4. The van der Waals surface area contributed by atoms with Gasteiger partial charge in [0.1, 0.15) is 5.82 Å². The van der Waals surface area contributed by atoms with Gasteiger partial charge in [-0.2, -0.15) is 0 Å². The predicted octanol–water partition coefficient (Wildman–Crippen LogP) is 1.99. The van der Waals surface area contributed by atoms with Crippen molar-refractivity contribution in [1.82, 2.24) is 10.2 Å². The largest absolute Gasteiger partial charge is 0.381 e. The molecule has 126 valence electrons. The highest BCUT2D eigenvalue weighted by molar-refractivity contribution is 5.78. The Morgan fingerprint density at radius 1 is 1.30 bits per heavy atom. The van der Waals surface area contributed by atoms with Crippen LogP contribution >= 0.6 is 0 Å². The highest BCUT2D eigenvalue weighted by Crippen LogP contribution is 2.17. The fraction of sp³-hybridized carbons (Fsp3) is 0.611. The van der Waals surface area contributed by atoms with E-state index in [0.717, 1.165) is 51.3 Å². The molecule has 1 amide bonds. The van der Waals surface area contributed by atoms with Gasteiger partial charge in [-0.05, 0) is 42.9 Å². The van der Waals surface area contributed by atoms with Gasteiger partial charge in [0.25, 0.3) is 0 Å². The maximum Gasteiger partial charge on any atom is 0.224 e. The second-order valence-electron chi connectivity index (χ2n) is 6.68. The van der Waals surface area contributed by atoms with Crippen LogP contribution in [0.2, 0.25) is 0 Å².